The minimum atomic E-state index is -0.581. The minimum absolute atomic E-state index is 0.197. The summed E-state index contributed by atoms with van der Waals surface area (Å²) in [5, 5.41) is 6.32. The van der Waals surface area contributed by atoms with Crippen LogP contribution in [0, 0.1) is 11.7 Å². The molecule has 2 aromatic carbocycles. The van der Waals surface area contributed by atoms with Crippen molar-refractivity contribution in [3.05, 3.63) is 85.8 Å². The maximum atomic E-state index is 15.3. The molecule has 0 saturated heterocycles. The Morgan fingerprint density at radius 1 is 1.03 bits per heavy atom. The van der Waals surface area contributed by atoms with Crippen molar-refractivity contribution in [2.75, 3.05) is 22.6 Å². The standard InChI is InChI=1S/C24H26FN5O2/c1-26-18-9-7-15(8-10-18)12-19-27-21-22(28-24(32)29-23(21)31)30(19)13-17-4-2-3-16(20(17)25)11-14-5-6-14/h2-4,7-10,14,19,26-27H,5-6,11-13H2,1H3,(H2,28,29,31,32). The van der Waals surface area contributed by atoms with Gasteiger partial charge in [-0.1, -0.05) is 30.3 Å². The fraction of sp³-hybridized carbons (Fsp3) is 0.333. The summed E-state index contributed by atoms with van der Waals surface area (Å²) >= 11 is 0. The Hall–Kier alpha value is -3.55. The van der Waals surface area contributed by atoms with Gasteiger partial charge in [-0.3, -0.25) is 14.8 Å². The number of aromatic nitrogens is 2. The van der Waals surface area contributed by atoms with Crippen molar-refractivity contribution in [1.29, 1.82) is 0 Å². The second-order valence-electron chi connectivity index (χ2n) is 8.61. The van der Waals surface area contributed by atoms with Gasteiger partial charge in [0.25, 0.3) is 5.56 Å². The van der Waals surface area contributed by atoms with Crippen molar-refractivity contribution in [2.24, 2.45) is 5.92 Å². The van der Waals surface area contributed by atoms with Gasteiger partial charge >= 0.3 is 5.69 Å². The Kier molecular flexibility index (Phi) is 5.20. The smallest absolute Gasteiger partial charge is 0.327 e. The summed E-state index contributed by atoms with van der Waals surface area (Å²) in [7, 11) is 1.86. The summed E-state index contributed by atoms with van der Waals surface area (Å²) in [6.45, 7) is 0.239. The van der Waals surface area contributed by atoms with E-state index in [1.54, 1.807) is 6.07 Å². The molecule has 0 radical (unpaired) electrons. The van der Waals surface area contributed by atoms with E-state index in [2.05, 4.69) is 20.6 Å². The van der Waals surface area contributed by atoms with Gasteiger partial charge in [0, 0.05) is 31.3 Å². The van der Waals surface area contributed by atoms with Crippen LogP contribution >= 0.6 is 0 Å². The summed E-state index contributed by atoms with van der Waals surface area (Å²) in [5.74, 6) is 0.775. The Labute approximate surface area is 184 Å². The summed E-state index contributed by atoms with van der Waals surface area (Å²) in [5.41, 5.74) is 2.58. The fourth-order valence-corrected chi connectivity index (χ4v) is 4.33. The molecule has 1 aliphatic carbocycles. The molecule has 1 saturated carbocycles. The van der Waals surface area contributed by atoms with E-state index in [4.69, 9.17) is 0 Å². The van der Waals surface area contributed by atoms with E-state index >= 15 is 4.39 Å². The van der Waals surface area contributed by atoms with Crippen LogP contribution in [0.4, 0.5) is 21.6 Å². The zero-order chi connectivity index (χ0) is 22.2. The molecule has 0 bridgehead atoms. The number of rotatable bonds is 7. The van der Waals surface area contributed by atoms with E-state index < -0.39 is 11.2 Å². The molecule has 1 fully saturated rings. The molecule has 1 unspecified atom stereocenters. The highest BCUT2D eigenvalue weighted by Gasteiger charge is 2.33. The number of anilines is 3. The van der Waals surface area contributed by atoms with E-state index in [1.807, 2.05) is 48.3 Å². The van der Waals surface area contributed by atoms with Gasteiger partial charge < -0.3 is 15.5 Å². The van der Waals surface area contributed by atoms with Crippen LogP contribution in [0.2, 0.25) is 0 Å². The van der Waals surface area contributed by atoms with Crippen molar-refractivity contribution in [1.82, 2.24) is 9.97 Å². The van der Waals surface area contributed by atoms with Gasteiger partial charge in [0.05, 0.1) is 0 Å². The van der Waals surface area contributed by atoms with Crippen LogP contribution in [-0.4, -0.2) is 23.2 Å². The van der Waals surface area contributed by atoms with Crippen LogP contribution in [0.25, 0.3) is 0 Å². The predicted molar refractivity (Wildman–Crippen MR) is 124 cm³/mol. The topological polar surface area (TPSA) is 93.0 Å². The highest BCUT2D eigenvalue weighted by Crippen LogP contribution is 2.35. The van der Waals surface area contributed by atoms with E-state index in [1.165, 1.54) is 0 Å². The molecule has 3 aromatic rings. The number of fused-ring (bicyclic) bond motifs is 1. The Morgan fingerprint density at radius 3 is 2.50 bits per heavy atom. The Morgan fingerprint density at radius 2 is 1.78 bits per heavy atom. The maximum Gasteiger partial charge on any atom is 0.327 e. The average molecular weight is 436 g/mol. The van der Waals surface area contributed by atoms with Crippen LogP contribution in [0.3, 0.4) is 0 Å². The van der Waals surface area contributed by atoms with Gasteiger partial charge in [0.15, 0.2) is 0 Å². The van der Waals surface area contributed by atoms with E-state index in [0.717, 1.165) is 36.1 Å². The lowest BCUT2D eigenvalue weighted by molar-refractivity contribution is 0.572. The predicted octanol–water partition coefficient (Wildman–Crippen LogP) is 3.20. The summed E-state index contributed by atoms with van der Waals surface area (Å²) < 4.78 is 15.3. The lowest BCUT2D eigenvalue weighted by Crippen LogP contribution is -2.38. The molecule has 7 nitrogen and oxygen atoms in total. The van der Waals surface area contributed by atoms with Crippen LogP contribution in [0.1, 0.15) is 29.5 Å². The number of hydrogen-bond donors (Lipinski definition) is 4. The average Bonchev–Trinajstić information content (AvgIpc) is 3.54. The molecule has 2 aliphatic rings. The van der Waals surface area contributed by atoms with Crippen molar-refractivity contribution >= 4 is 17.2 Å². The van der Waals surface area contributed by atoms with Gasteiger partial charge in [-0.15, -0.1) is 0 Å². The first-order valence-corrected chi connectivity index (χ1v) is 10.9. The van der Waals surface area contributed by atoms with Crippen LogP contribution in [0.15, 0.2) is 52.1 Å². The number of H-pyrrole nitrogens is 2. The lowest BCUT2D eigenvalue weighted by atomic mass is 10.0. The minimum Gasteiger partial charge on any atom is -0.388 e. The molecule has 166 valence electrons. The molecule has 2 heterocycles. The number of nitrogens with zero attached hydrogens (tertiary/aromatic N) is 1. The molecule has 5 rings (SSSR count). The third-order valence-electron chi connectivity index (χ3n) is 6.27. The van der Waals surface area contributed by atoms with Crippen LogP contribution in [0.5, 0.6) is 0 Å². The Bertz CT molecular complexity index is 1250. The molecule has 1 atom stereocenters. The van der Waals surface area contributed by atoms with E-state index in [-0.39, 0.29) is 18.5 Å². The zero-order valence-electron chi connectivity index (χ0n) is 17.9. The van der Waals surface area contributed by atoms with Crippen LogP contribution in [-0.2, 0) is 19.4 Å². The monoisotopic (exact) mass is 435 g/mol. The van der Waals surface area contributed by atoms with Crippen LogP contribution < -0.4 is 26.8 Å². The highest BCUT2D eigenvalue weighted by molar-refractivity contribution is 5.71. The van der Waals surface area contributed by atoms with Gasteiger partial charge in [-0.25, -0.2) is 9.18 Å². The number of aromatic amines is 2. The molecule has 0 spiro atoms. The SMILES string of the molecule is CNc1ccc(CC2Nc3c([nH]c(=O)[nH]c3=O)N2Cc2cccc(CC3CC3)c2F)cc1. The van der Waals surface area contributed by atoms with E-state index in [9.17, 15) is 9.59 Å². The second kappa shape index (κ2) is 8.18. The largest absolute Gasteiger partial charge is 0.388 e. The van der Waals surface area contributed by atoms with Crippen molar-refractivity contribution in [3.8, 4) is 0 Å². The van der Waals surface area contributed by atoms with Gasteiger partial charge in [-0.2, -0.15) is 0 Å². The first-order chi connectivity index (χ1) is 15.5. The van der Waals surface area contributed by atoms with Gasteiger partial charge in [-0.05, 0) is 48.4 Å². The summed E-state index contributed by atoms with van der Waals surface area (Å²) in [6, 6.07) is 13.5. The summed E-state index contributed by atoms with van der Waals surface area (Å²) in [6.07, 6.45) is 3.34. The normalized spacial score (nSPS) is 17.2. The highest BCUT2D eigenvalue weighted by atomic mass is 19.1. The number of halogens is 1. The molecule has 32 heavy (non-hydrogen) atoms. The Balaban J connectivity index is 1.47. The molecule has 1 aliphatic heterocycles. The quantitative estimate of drug-likeness (QED) is 0.457. The molecule has 4 N–H and O–H groups in total. The lowest BCUT2D eigenvalue weighted by Gasteiger charge is -2.27. The zero-order valence-corrected chi connectivity index (χ0v) is 17.9. The molecule has 0 amide bonds. The first kappa shape index (κ1) is 20.4. The molecule has 1 aromatic heterocycles. The van der Waals surface area contributed by atoms with Gasteiger partial charge in [0.1, 0.15) is 23.5 Å². The second-order valence-corrected chi connectivity index (χ2v) is 8.61. The molecular weight excluding hydrogens is 409 g/mol. The van der Waals surface area contributed by atoms with Crippen molar-refractivity contribution in [3.63, 3.8) is 0 Å². The third kappa shape index (κ3) is 4.00. The maximum absolute atomic E-state index is 15.3. The molecule has 8 heteroatoms. The molecular formula is C24H26FN5O2. The summed E-state index contributed by atoms with van der Waals surface area (Å²) in [4.78, 5) is 31.3. The van der Waals surface area contributed by atoms with Crippen molar-refractivity contribution in [2.45, 2.75) is 38.4 Å². The number of nitrogens with one attached hydrogen (secondary N) is 4. The number of hydrogen-bond acceptors (Lipinski definition) is 5. The number of benzene rings is 2. The third-order valence-corrected chi connectivity index (χ3v) is 6.27. The van der Waals surface area contributed by atoms with Gasteiger partial charge in [0.2, 0.25) is 0 Å². The fourth-order valence-electron chi connectivity index (χ4n) is 4.33. The van der Waals surface area contributed by atoms with E-state index in [0.29, 0.717) is 29.4 Å². The first-order valence-electron chi connectivity index (χ1n) is 10.9. The van der Waals surface area contributed by atoms with Crippen molar-refractivity contribution < 1.29 is 4.39 Å².